The second-order valence-corrected chi connectivity index (χ2v) is 20.7. The lowest BCUT2D eigenvalue weighted by Crippen LogP contribution is -2.45. The zero-order chi connectivity index (χ0) is 50.0. The van der Waals surface area contributed by atoms with E-state index < -0.39 is 12.1 Å². The molecule has 2 atom stereocenters. The highest BCUT2D eigenvalue weighted by Crippen LogP contribution is 2.17. The smallest absolute Gasteiger partial charge is 0.305 e. The van der Waals surface area contributed by atoms with E-state index in [-0.39, 0.29) is 18.5 Å². The molecule has 0 aromatic heterocycles. The van der Waals surface area contributed by atoms with E-state index in [0.717, 1.165) is 96.3 Å². The zero-order valence-electron chi connectivity index (χ0n) is 46.0. The van der Waals surface area contributed by atoms with Crippen LogP contribution in [0, 0.1) is 0 Å². The molecule has 0 aliphatic rings. The number of carbonyl (C=O) groups excluding carboxylic acids is 2. The Morgan fingerprint density at radius 3 is 1.13 bits per heavy atom. The lowest BCUT2D eigenvalue weighted by atomic mass is 10.0. The van der Waals surface area contributed by atoms with Crippen LogP contribution in [0.25, 0.3) is 0 Å². The summed E-state index contributed by atoms with van der Waals surface area (Å²) in [7, 11) is 0. The minimum absolute atomic E-state index is 0.0462. The first-order chi connectivity index (χ1) is 34.0. The number of hydrogen-bond donors (Lipinski definition) is 3. The maximum atomic E-state index is 12.5. The molecule has 0 aromatic rings. The van der Waals surface area contributed by atoms with Gasteiger partial charge in [0.05, 0.1) is 25.4 Å². The predicted molar refractivity (Wildman–Crippen MR) is 301 cm³/mol. The van der Waals surface area contributed by atoms with Crippen LogP contribution in [0.1, 0.15) is 316 Å². The molecule has 404 valence electrons. The highest BCUT2D eigenvalue weighted by atomic mass is 16.5. The number of hydrogen-bond acceptors (Lipinski definition) is 5. The Bertz CT molecular complexity index is 1160. The lowest BCUT2D eigenvalue weighted by molar-refractivity contribution is -0.143. The van der Waals surface area contributed by atoms with Crippen molar-refractivity contribution in [2.24, 2.45) is 0 Å². The van der Waals surface area contributed by atoms with E-state index >= 15 is 0 Å². The molecule has 0 bridgehead atoms. The average Bonchev–Trinajstić information content (AvgIpc) is 3.35. The summed E-state index contributed by atoms with van der Waals surface area (Å²) >= 11 is 0. The SMILES string of the molecule is CCCCCC/C=C\C/C=C\CCCCCCCC(=O)OCCCC/C=C\CCCCCCCC(=O)NC(CO)C(O)/C=C/CCCCCCCCCCCCCCCCCCCCCCCCC. The van der Waals surface area contributed by atoms with E-state index in [1.807, 2.05) is 6.08 Å². The third kappa shape index (κ3) is 55.0. The van der Waals surface area contributed by atoms with Gasteiger partial charge in [0, 0.05) is 12.8 Å². The number of aliphatic hydroxyl groups is 2. The number of rotatable bonds is 56. The molecule has 0 rings (SSSR count). The molecule has 0 fully saturated rings. The quantitative estimate of drug-likeness (QED) is 0.0321. The summed E-state index contributed by atoms with van der Waals surface area (Å²) in [6.45, 7) is 4.81. The van der Waals surface area contributed by atoms with Gasteiger partial charge in [-0.2, -0.15) is 0 Å². The second kappa shape index (κ2) is 58.4. The summed E-state index contributed by atoms with van der Waals surface area (Å²) in [6, 6.07) is -0.652. The standard InChI is InChI=1S/C63H117NO5/c1-3-5-7-9-11-13-15-17-19-21-22-23-24-25-26-27-28-29-30-32-35-39-43-47-51-55-61(66)60(59-65)64-62(67)56-52-48-44-40-36-34-38-42-46-50-54-58-69-63(68)57-53-49-45-41-37-33-31-20-18-16-14-12-10-8-6-4-2/h14,16,20,31,38,42,51,55,60-61,65-66H,3-13,15,17-19,21-30,32-37,39-41,43-50,52-54,56-59H2,1-2H3,(H,64,67)/b16-14-,31-20-,42-38-,55-51+. The first-order valence-electron chi connectivity index (χ1n) is 30.4. The van der Waals surface area contributed by atoms with Crippen LogP contribution < -0.4 is 5.32 Å². The van der Waals surface area contributed by atoms with Crippen LogP contribution in [0.5, 0.6) is 0 Å². The zero-order valence-corrected chi connectivity index (χ0v) is 46.0. The van der Waals surface area contributed by atoms with Gasteiger partial charge >= 0.3 is 5.97 Å². The van der Waals surface area contributed by atoms with Crippen molar-refractivity contribution in [3.8, 4) is 0 Å². The van der Waals surface area contributed by atoms with Crippen molar-refractivity contribution in [3.05, 3.63) is 48.6 Å². The van der Waals surface area contributed by atoms with Crippen molar-refractivity contribution in [1.29, 1.82) is 0 Å². The molecule has 0 saturated heterocycles. The van der Waals surface area contributed by atoms with E-state index in [1.54, 1.807) is 6.08 Å². The minimum Gasteiger partial charge on any atom is -0.466 e. The topological polar surface area (TPSA) is 95.9 Å². The first-order valence-corrected chi connectivity index (χ1v) is 30.4. The molecule has 0 saturated carbocycles. The maximum Gasteiger partial charge on any atom is 0.305 e. The van der Waals surface area contributed by atoms with Crippen LogP contribution >= 0.6 is 0 Å². The Balaban J connectivity index is 3.54. The molecule has 6 heteroatoms. The summed E-state index contributed by atoms with van der Waals surface area (Å²) in [6.07, 6.45) is 74.3. The van der Waals surface area contributed by atoms with Gasteiger partial charge in [-0.3, -0.25) is 9.59 Å². The van der Waals surface area contributed by atoms with Crippen molar-refractivity contribution in [1.82, 2.24) is 5.32 Å². The molecule has 2 unspecified atom stereocenters. The fourth-order valence-electron chi connectivity index (χ4n) is 9.13. The normalized spacial score (nSPS) is 12.9. The largest absolute Gasteiger partial charge is 0.466 e. The number of esters is 1. The van der Waals surface area contributed by atoms with Crippen molar-refractivity contribution in [2.75, 3.05) is 13.2 Å². The number of ether oxygens (including phenoxy) is 1. The predicted octanol–water partition coefficient (Wildman–Crippen LogP) is 19.0. The van der Waals surface area contributed by atoms with Crippen LogP contribution in [-0.2, 0) is 14.3 Å². The average molecular weight is 969 g/mol. The Morgan fingerprint density at radius 1 is 0.406 bits per heavy atom. The summed E-state index contributed by atoms with van der Waals surface area (Å²) < 4.78 is 5.44. The molecular formula is C63H117NO5. The van der Waals surface area contributed by atoms with Gasteiger partial charge in [-0.05, 0) is 89.9 Å². The molecular weight excluding hydrogens is 851 g/mol. The fraction of sp³-hybridized carbons (Fsp3) is 0.841. The number of unbranched alkanes of at least 4 members (excludes halogenated alkanes) is 39. The highest BCUT2D eigenvalue weighted by Gasteiger charge is 2.18. The molecule has 3 N–H and O–H groups in total. The van der Waals surface area contributed by atoms with Gasteiger partial charge in [0.25, 0.3) is 0 Å². The third-order valence-electron chi connectivity index (χ3n) is 13.8. The van der Waals surface area contributed by atoms with Gasteiger partial charge in [-0.25, -0.2) is 0 Å². The van der Waals surface area contributed by atoms with Gasteiger partial charge in [0.15, 0.2) is 0 Å². The Hall–Kier alpha value is -2.18. The summed E-state index contributed by atoms with van der Waals surface area (Å²) in [5, 5.41) is 23.2. The van der Waals surface area contributed by atoms with Gasteiger partial charge in [-0.1, -0.05) is 262 Å². The Kier molecular flexibility index (Phi) is 56.5. The molecule has 0 aromatic carbocycles. The van der Waals surface area contributed by atoms with Crippen LogP contribution in [0.3, 0.4) is 0 Å². The van der Waals surface area contributed by atoms with Crippen LogP contribution in [0.2, 0.25) is 0 Å². The number of carbonyl (C=O) groups is 2. The van der Waals surface area contributed by atoms with Gasteiger partial charge in [-0.15, -0.1) is 0 Å². The first kappa shape index (κ1) is 66.8. The van der Waals surface area contributed by atoms with Gasteiger partial charge in [0.1, 0.15) is 0 Å². The summed E-state index contributed by atoms with van der Waals surface area (Å²) in [5.41, 5.74) is 0. The minimum atomic E-state index is -0.866. The lowest BCUT2D eigenvalue weighted by Gasteiger charge is -2.20. The van der Waals surface area contributed by atoms with E-state index in [4.69, 9.17) is 4.74 Å². The van der Waals surface area contributed by atoms with Gasteiger partial charge in [0.2, 0.25) is 5.91 Å². The summed E-state index contributed by atoms with van der Waals surface area (Å²) in [5.74, 6) is -0.142. The number of nitrogens with one attached hydrogen (secondary N) is 1. The maximum absolute atomic E-state index is 12.5. The van der Waals surface area contributed by atoms with Crippen molar-refractivity contribution in [2.45, 2.75) is 328 Å². The summed E-state index contributed by atoms with van der Waals surface area (Å²) in [4.78, 5) is 24.5. The second-order valence-electron chi connectivity index (χ2n) is 20.7. The van der Waals surface area contributed by atoms with E-state index in [0.29, 0.717) is 19.4 Å². The Labute approximate surface area is 429 Å². The molecule has 0 spiro atoms. The van der Waals surface area contributed by atoms with Crippen molar-refractivity contribution in [3.63, 3.8) is 0 Å². The molecule has 6 nitrogen and oxygen atoms in total. The number of amides is 1. The van der Waals surface area contributed by atoms with Crippen LogP contribution in [0.15, 0.2) is 48.6 Å². The third-order valence-corrected chi connectivity index (χ3v) is 13.8. The van der Waals surface area contributed by atoms with E-state index in [2.05, 4.69) is 55.6 Å². The molecule has 0 heterocycles. The van der Waals surface area contributed by atoms with Crippen molar-refractivity contribution < 1.29 is 24.5 Å². The van der Waals surface area contributed by atoms with Crippen LogP contribution in [0.4, 0.5) is 0 Å². The number of allylic oxidation sites excluding steroid dienone is 7. The van der Waals surface area contributed by atoms with Crippen LogP contribution in [-0.4, -0.2) is 47.4 Å². The number of aliphatic hydroxyl groups excluding tert-OH is 2. The fourth-order valence-corrected chi connectivity index (χ4v) is 9.13. The molecule has 69 heavy (non-hydrogen) atoms. The van der Waals surface area contributed by atoms with E-state index in [9.17, 15) is 19.8 Å². The molecule has 0 aliphatic carbocycles. The molecule has 0 aliphatic heterocycles. The highest BCUT2D eigenvalue weighted by molar-refractivity contribution is 5.76. The van der Waals surface area contributed by atoms with Crippen molar-refractivity contribution >= 4 is 11.9 Å². The Morgan fingerprint density at radius 2 is 0.725 bits per heavy atom. The molecule has 0 radical (unpaired) electrons. The van der Waals surface area contributed by atoms with Gasteiger partial charge < -0.3 is 20.3 Å². The monoisotopic (exact) mass is 968 g/mol. The van der Waals surface area contributed by atoms with E-state index in [1.165, 1.54) is 193 Å². The molecule has 1 amide bonds.